The minimum absolute atomic E-state index is 0.0257. The Morgan fingerprint density at radius 2 is 1.41 bits per heavy atom. The van der Waals surface area contributed by atoms with Gasteiger partial charge >= 0.3 is 6.09 Å². The number of hydrogen-bond donors (Lipinski definition) is 7. The average molecular weight is 769 g/mol. The van der Waals surface area contributed by atoms with E-state index < -0.39 is 48.0 Å². The van der Waals surface area contributed by atoms with Crippen LogP contribution in [0, 0.1) is 5.92 Å². The molecule has 15 nitrogen and oxygen atoms in total. The molecule has 0 aliphatic carbocycles. The maximum Gasteiger partial charge on any atom is 0.407 e. The monoisotopic (exact) mass is 768 g/mol. The Balaban J connectivity index is 1.66. The van der Waals surface area contributed by atoms with Crippen molar-refractivity contribution in [2.75, 3.05) is 25.2 Å². The zero-order valence-electron chi connectivity index (χ0n) is 30.9. The molecule has 0 bridgehead atoms. The highest BCUT2D eigenvalue weighted by atomic mass is 32.2. The normalized spacial score (nSPS) is 13.1. The van der Waals surface area contributed by atoms with Gasteiger partial charge in [-0.1, -0.05) is 74.5 Å². The SMILES string of the molecule is CSCCC(NC=O)C(=O)NC(CC(C)C)C(=O)NC(Cc1ccccc1)C(=O)NCCCC(COn1c(O)ccc1O)NC(=O)OCc1ccccc1. The summed E-state index contributed by atoms with van der Waals surface area (Å²) in [6.07, 6.45) is 3.17. The Morgan fingerprint density at radius 1 is 0.796 bits per heavy atom. The van der Waals surface area contributed by atoms with Crippen LogP contribution in [0.15, 0.2) is 72.8 Å². The number of carbonyl (C=O) groups excluding carboxylic acids is 5. The van der Waals surface area contributed by atoms with E-state index in [1.807, 2.05) is 80.8 Å². The predicted molar refractivity (Wildman–Crippen MR) is 204 cm³/mol. The molecule has 1 heterocycles. The van der Waals surface area contributed by atoms with Gasteiger partial charge in [0.05, 0.1) is 6.04 Å². The van der Waals surface area contributed by atoms with Crippen LogP contribution in [0.1, 0.15) is 50.7 Å². The van der Waals surface area contributed by atoms with E-state index in [4.69, 9.17) is 9.57 Å². The lowest BCUT2D eigenvalue weighted by Gasteiger charge is -2.26. The molecule has 2 aromatic carbocycles. The highest BCUT2D eigenvalue weighted by Crippen LogP contribution is 2.19. The van der Waals surface area contributed by atoms with E-state index in [0.717, 1.165) is 15.9 Å². The molecule has 54 heavy (non-hydrogen) atoms. The third-order valence-corrected chi connectivity index (χ3v) is 8.86. The second-order valence-electron chi connectivity index (χ2n) is 13.0. The molecule has 294 valence electrons. The van der Waals surface area contributed by atoms with Gasteiger partial charge in [-0.2, -0.15) is 11.8 Å². The van der Waals surface area contributed by atoms with Crippen molar-refractivity contribution in [2.24, 2.45) is 5.92 Å². The van der Waals surface area contributed by atoms with Crippen LogP contribution in [0.4, 0.5) is 4.79 Å². The molecule has 1 aromatic heterocycles. The highest BCUT2D eigenvalue weighted by Gasteiger charge is 2.30. The van der Waals surface area contributed by atoms with E-state index in [2.05, 4.69) is 26.6 Å². The first-order valence-corrected chi connectivity index (χ1v) is 19.2. The lowest BCUT2D eigenvalue weighted by molar-refractivity contribution is -0.133. The molecule has 0 fully saturated rings. The Kier molecular flexibility index (Phi) is 18.6. The van der Waals surface area contributed by atoms with Crippen LogP contribution < -0.4 is 31.4 Å². The van der Waals surface area contributed by atoms with Crippen LogP contribution in [0.25, 0.3) is 0 Å². The molecule has 3 aromatic rings. The number of nitrogens with zero attached hydrogens (tertiary/aromatic N) is 1. The topological polar surface area (TPSA) is 209 Å². The van der Waals surface area contributed by atoms with Crippen LogP contribution in [0.3, 0.4) is 0 Å². The number of nitrogens with one attached hydrogen (secondary N) is 5. The smallest absolute Gasteiger partial charge is 0.407 e. The fourth-order valence-corrected chi connectivity index (χ4v) is 5.90. The van der Waals surface area contributed by atoms with Gasteiger partial charge in [0.1, 0.15) is 31.3 Å². The van der Waals surface area contributed by atoms with Crippen LogP contribution in [-0.4, -0.2) is 94.5 Å². The molecule has 4 atom stereocenters. The van der Waals surface area contributed by atoms with Gasteiger partial charge in [-0.25, -0.2) is 4.79 Å². The molecule has 16 heteroatoms. The molecular weight excluding hydrogens is 717 g/mol. The Labute approximate surface area is 319 Å². The van der Waals surface area contributed by atoms with Crippen LogP contribution >= 0.6 is 11.8 Å². The number of aromatic nitrogens is 1. The first kappa shape index (κ1) is 43.0. The average Bonchev–Trinajstić information content (AvgIpc) is 3.48. The quantitative estimate of drug-likeness (QED) is 0.0524. The highest BCUT2D eigenvalue weighted by molar-refractivity contribution is 7.98. The van der Waals surface area contributed by atoms with Gasteiger partial charge in [-0.15, -0.1) is 4.73 Å². The van der Waals surface area contributed by atoms with E-state index in [9.17, 15) is 34.2 Å². The first-order chi connectivity index (χ1) is 26.0. The summed E-state index contributed by atoms with van der Waals surface area (Å²) in [5, 5.41) is 33.7. The zero-order chi connectivity index (χ0) is 39.3. The van der Waals surface area contributed by atoms with Gasteiger partial charge in [0, 0.05) is 25.1 Å². The van der Waals surface area contributed by atoms with Crippen LogP contribution in [0.5, 0.6) is 11.8 Å². The molecule has 4 unspecified atom stereocenters. The Hall–Kier alpha value is -5.38. The first-order valence-electron chi connectivity index (χ1n) is 17.8. The minimum atomic E-state index is -0.989. The van der Waals surface area contributed by atoms with Crippen molar-refractivity contribution in [3.05, 3.63) is 83.9 Å². The number of alkyl carbamates (subject to hydrolysis) is 1. The summed E-state index contributed by atoms with van der Waals surface area (Å²) in [5.74, 6) is -1.49. The number of hydrogen-bond acceptors (Lipinski definition) is 10. The second-order valence-corrected chi connectivity index (χ2v) is 14.0. The standard InChI is InChI=1S/C38H52N6O9S/c1-26(2)21-31(42-36(49)30(40-25-45)18-20-54-3)37(50)43-32(22-27-11-6-4-7-12-27)35(48)39-19-10-15-29(24-53-44-33(46)16-17-34(44)47)41-38(51)52-23-28-13-8-5-9-14-28/h4-9,11-14,16-17,25-26,29-32,46-47H,10,15,18-24H2,1-3H3,(H,39,48)(H,40,45)(H,41,51)(H,42,49)(H,43,50). The van der Waals surface area contributed by atoms with E-state index in [1.165, 1.54) is 23.9 Å². The zero-order valence-corrected chi connectivity index (χ0v) is 31.7. The van der Waals surface area contributed by atoms with E-state index in [0.29, 0.717) is 37.8 Å². The number of aromatic hydroxyl groups is 2. The van der Waals surface area contributed by atoms with Crippen LogP contribution in [-0.2, 0) is 36.9 Å². The molecule has 0 aliphatic rings. The molecule has 7 N–H and O–H groups in total. The summed E-state index contributed by atoms with van der Waals surface area (Å²) in [6, 6.07) is 17.4. The summed E-state index contributed by atoms with van der Waals surface area (Å²) in [5.41, 5.74) is 1.60. The van der Waals surface area contributed by atoms with Crippen molar-refractivity contribution in [3.63, 3.8) is 0 Å². The van der Waals surface area contributed by atoms with E-state index in [1.54, 1.807) is 0 Å². The second kappa shape index (κ2) is 23.3. The van der Waals surface area contributed by atoms with E-state index in [-0.39, 0.29) is 43.9 Å². The molecule has 5 amide bonds. The molecule has 0 saturated carbocycles. The van der Waals surface area contributed by atoms with E-state index >= 15 is 0 Å². The number of carbonyl (C=O) groups is 5. The third kappa shape index (κ3) is 15.3. The van der Waals surface area contributed by atoms with Gasteiger partial charge in [-0.3, -0.25) is 19.2 Å². The lowest BCUT2D eigenvalue weighted by Crippen LogP contribution is -2.57. The van der Waals surface area contributed by atoms with Crippen molar-refractivity contribution in [3.8, 4) is 11.8 Å². The van der Waals surface area contributed by atoms with Gasteiger partial charge in [0.2, 0.25) is 35.9 Å². The van der Waals surface area contributed by atoms with Gasteiger partial charge < -0.3 is 46.4 Å². The molecule has 0 saturated heterocycles. The summed E-state index contributed by atoms with van der Waals surface area (Å²) in [6.45, 7) is 3.88. The molecule has 3 rings (SSSR count). The predicted octanol–water partition coefficient (Wildman–Crippen LogP) is 2.65. The molecule has 0 spiro atoms. The molecular formula is C38H52N6O9S. The van der Waals surface area contributed by atoms with Gasteiger partial charge in [0.15, 0.2) is 0 Å². The number of amides is 5. The lowest BCUT2D eigenvalue weighted by atomic mass is 10.0. The Morgan fingerprint density at radius 3 is 2.02 bits per heavy atom. The summed E-state index contributed by atoms with van der Waals surface area (Å²) < 4.78 is 6.18. The van der Waals surface area contributed by atoms with Crippen LogP contribution in [0.2, 0.25) is 0 Å². The van der Waals surface area contributed by atoms with Gasteiger partial charge in [-0.05, 0) is 54.7 Å². The summed E-state index contributed by atoms with van der Waals surface area (Å²) >= 11 is 1.53. The summed E-state index contributed by atoms with van der Waals surface area (Å²) in [7, 11) is 0. The maximum atomic E-state index is 13.7. The number of thioether (sulfide) groups is 1. The number of rotatable bonds is 24. The fraction of sp³-hybridized carbons (Fsp3) is 0.447. The third-order valence-electron chi connectivity index (χ3n) is 8.22. The van der Waals surface area contributed by atoms with Crippen molar-refractivity contribution in [2.45, 2.75) is 76.7 Å². The fourth-order valence-electron chi connectivity index (χ4n) is 5.43. The summed E-state index contributed by atoms with van der Waals surface area (Å²) in [4.78, 5) is 69.8. The number of ether oxygens (including phenoxy) is 1. The van der Waals surface area contributed by atoms with Gasteiger partial charge in [0.25, 0.3) is 0 Å². The Bertz CT molecular complexity index is 1590. The maximum absolute atomic E-state index is 13.7. The van der Waals surface area contributed by atoms with Crippen molar-refractivity contribution in [1.82, 2.24) is 31.3 Å². The van der Waals surface area contributed by atoms with Crippen molar-refractivity contribution in [1.29, 1.82) is 0 Å². The molecule has 0 radical (unpaired) electrons. The van der Waals surface area contributed by atoms with Crippen molar-refractivity contribution < 1.29 is 43.8 Å². The largest absolute Gasteiger partial charge is 0.492 e. The molecule has 0 aliphatic heterocycles. The number of benzene rings is 2. The minimum Gasteiger partial charge on any atom is -0.492 e. The van der Waals surface area contributed by atoms with Crippen molar-refractivity contribution >= 4 is 42.0 Å².